The number of nitrogens with two attached hydrogens (primary N) is 1. The molecule has 0 aliphatic carbocycles. The Morgan fingerprint density at radius 1 is 1.04 bits per heavy atom. The molecular weight excluding hydrogens is 314 g/mol. The van der Waals surface area contributed by atoms with Crippen LogP contribution in [0.5, 0.6) is 0 Å². The fourth-order valence-corrected chi connectivity index (χ4v) is 3.15. The van der Waals surface area contributed by atoms with E-state index in [1.165, 1.54) is 0 Å². The Morgan fingerprint density at radius 2 is 1.68 bits per heavy atom. The number of aromatic amines is 1. The summed E-state index contributed by atoms with van der Waals surface area (Å²) < 4.78 is 0. The Kier molecular flexibility index (Phi) is 3.57. The first kappa shape index (κ1) is 15.1. The van der Waals surface area contributed by atoms with Gasteiger partial charge in [-0.2, -0.15) is 4.98 Å². The van der Waals surface area contributed by atoms with E-state index in [4.69, 9.17) is 5.73 Å². The van der Waals surface area contributed by atoms with Crippen LogP contribution >= 0.6 is 0 Å². The fourth-order valence-electron chi connectivity index (χ4n) is 3.15. The minimum absolute atomic E-state index is 0.0840. The molecule has 25 heavy (non-hydrogen) atoms. The summed E-state index contributed by atoms with van der Waals surface area (Å²) >= 11 is 0. The smallest absolute Gasteiger partial charge is 0.280 e. The van der Waals surface area contributed by atoms with Crippen molar-refractivity contribution in [2.24, 2.45) is 4.99 Å². The lowest BCUT2D eigenvalue weighted by atomic mass is 9.94. The molecule has 1 aromatic heterocycles. The predicted octanol–water partition coefficient (Wildman–Crippen LogP) is 2.66. The average Bonchev–Trinajstić information content (AvgIpc) is 2.64. The van der Waals surface area contributed by atoms with Crippen LogP contribution < -0.4 is 16.2 Å². The Balaban J connectivity index is 1.99. The van der Waals surface area contributed by atoms with E-state index in [0.717, 1.165) is 16.8 Å². The average molecular weight is 331 g/mol. The van der Waals surface area contributed by atoms with Gasteiger partial charge in [-0.1, -0.05) is 60.7 Å². The maximum Gasteiger partial charge on any atom is 0.280 e. The largest absolute Gasteiger partial charge is 0.369 e. The van der Waals surface area contributed by atoms with Gasteiger partial charge in [-0.3, -0.25) is 9.78 Å². The molecule has 1 aliphatic rings. The number of hydrogen-bond acceptors (Lipinski definition) is 5. The first-order chi connectivity index (χ1) is 12.1. The van der Waals surface area contributed by atoms with Crippen LogP contribution in [0.2, 0.25) is 0 Å². The van der Waals surface area contributed by atoms with Gasteiger partial charge in [-0.25, -0.2) is 4.99 Å². The highest BCUT2D eigenvalue weighted by molar-refractivity contribution is 6.09. The third-order valence-corrected chi connectivity index (χ3v) is 4.29. The number of aliphatic imine (C=N–C) groups is 1. The first-order valence-corrected chi connectivity index (χ1v) is 7.96. The second-order valence-corrected chi connectivity index (χ2v) is 5.91. The molecule has 124 valence electrons. The molecule has 6 nitrogen and oxygen atoms in total. The summed E-state index contributed by atoms with van der Waals surface area (Å²) in [6, 6.07) is 19.7. The SMILES string of the molecule is CN1c2nc(N)[nH]c(=O)c2N=C(c2ccccc2)C1c1ccccc1. The molecule has 4 rings (SSSR count). The van der Waals surface area contributed by atoms with Crippen molar-refractivity contribution >= 4 is 23.2 Å². The van der Waals surface area contributed by atoms with Crippen molar-refractivity contribution in [1.82, 2.24) is 9.97 Å². The Hall–Kier alpha value is -3.41. The molecule has 0 amide bonds. The summed E-state index contributed by atoms with van der Waals surface area (Å²) in [5.41, 5.74) is 8.51. The highest BCUT2D eigenvalue weighted by atomic mass is 16.1. The lowest BCUT2D eigenvalue weighted by Gasteiger charge is -2.34. The van der Waals surface area contributed by atoms with Crippen molar-refractivity contribution in [2.45, 2.75) is 6.04 Å². The van der Waals surface area contributed by atoms with Gasteiger partial charge in [-0.05, 0) is 11.1 Å². The number of aromatic nitrogens is 2. The topological polar surface area (TPSA) is 87.4 Å². The summed E-state index contributed by atoms with van der Waals surface area (Å²) in [5.74, 6) is 0.565. The molecule has 1 atom stereocenters. The number of H-pyrrole nitrogens is 1. The Bertz CT molecular complexity index is 995. The number of rotatable bonds is 2. The van der Waals surface area contributed by atoms with Gasteiger partial charge in [0.25, 0.3) is 5.56 Å². The van der Waals surface area contributed by atoms with E-state index >= 15 is 0 Å². The molecular formula is C19H17N5O. The van der Waals surface area contributed by atoms with E-state index in [2.05, 4.69) is 15.0 Å². The van der Waals surface area contributed by atoms with E-state index in [-0.39, 0.29) is 23.2 Å². The molecule has 1 unspecified atom stereocenters. The minimum Gasteiger partial charge on any atom is -0.369 e. The van der Waals surface area contributed by atoms with Crippen molar-refractivity contribution in [2.75, 3.05) is 17.7 Å². The van der Waals surface area contributed by atoms with Crippen LogP contribution in [0.15, 0.2) is 70.5 Å². The number of anilines is 2. The van der Waals surface area contributed by atoms with Crippen molar-refractivity contribution in [3.8, 4) is 0 Å². The number of nitrogens with zero attached hydrogens (tertiary/aromatic N) is 3. The molecule has 0 radical (unpaired) electrons. The maximum atomic E-state index is 12.3. The molecule has 3 aromatic rings. The Labute approximate surface area is 144 Å². The first-order valence-electron chi connectivity index (χ1n) is 7.96. The zero-order chi connectivity index (χ0) is 17.4. The Morgan fingerprint density at radius 3 is 2.36 bits per heavy atom. The van der Waals surface area contributed by atoms with Crippen molar-refractivity contribution in [1.29, 1.82) is 0 Å². The monoisotopic (exact) mass is 331 g/mol. The summed E-state index contributed by atoms with van der Waals surface area (Å²) in [4.78, 5) is 25.8. The van der Waals surface area contributed by atoms with Gasteiger partial charge < -0.3 is 10.6 Å². The zero-order valence-electron chi connectivity index (χ0n) is 13.7. The van der Waals surface area contributed by atoms with Crippen LogP contribution in [0.3, 0.4) is 0 Å². The van der Waals surface area contributed by atoms with Gasteiger partial charge >= 0.3 is 0 Å². The van der Waals surface area contributed by atoms with E-state index in [1.54, 1.807) is 0 Å². The van der Waals surface area contributed by atoms with Gasteiger partial charge in [0.15, 0.2) is 11.5 Å². The number of hydrogen-bond donors (Lipinski definition) is 2. The highest BCUT2D eigenvalue weighted by Crippen LogP contribution is 2.37. The summed E-state index contributed by atoms with van der Waals surface area (Å²) in [6.07, 6.45) is 0. The van der Waals surface area contributed by atoms with Gasteiger partial charge in [0.05, 0.1) is 11.8 Å². The number of benzene rings is 2. The standard InChI is InChI=1S/C19H17N5O/c1-24-16(13-10-6-3-7-11-13)14(12-8-4-2-5-9-12)21-15-17(24)22-19(20)23-18(15)25/h2-11,16H,1H3,(H3,20,22,23,25). The van der Waals surface area contributed by atoms with E-state index in [0.29, 0.717) is 5.82 Å². The number of fused-ring (bicyclic) bond motifs is 1. The van der Waals surface area contributed by atoms with E-state index in [1.807, 2.05) is 72.6 Å². The fraction of sp³-hybridized carbons (Fsp3) is 0.105. The van der Waals surface area contributed by atoms with Crippen molar-refractivity contribution in [3.63, 3.8) is 0 Å². The molecule has 3 N–H and O–H groups in total. The quantitative estimate of drug-likeness (QED) is 0.756. The van der Waals surface area contributed by atoms with Crippen LogP contribution in [0, 0.1) is 0 Å². The third kappa shape index (κ3) is 2.57. The second-order valence-electron chi connectivity index (χ2n) is 5.91. The molecule has 0 saturated carbocycles. The third-order valence-electron chi connectivity index (χ3n) is 4.29. The summed E-state index contributed by atoms with van der Waals surface area (Å²) in [5, 5.41) is 0. The molecule has 0 saturated heterocycles. The number of nitrogens with one attached hydrogen (secondary N) is 1. The molecule has 2 heterocycles. The van der Waals surface area contributed by atoms with Gasteiger partial charge in [0.1, 0.15) is 0 Å². The highest BCUT2D eigenvalue weighted by Gasteiger charge is 2.32. The van der Waals surface area contributed by atoms with Crippen LogP contribution in [0.25, 0.3) is 0 Å². The molecule has 0 bridgehead atoms. The number of likely N-dealkylation sites (N-methyl/N-ethyl adjacent to an activating group) is 1. The molecule has 6 heteroatoms. The lowest BCUT2D eigenvalue weighted by Crippen LogP contribution is -2.36. The normalized spacial score (nSPS) is 16.3. The summed E-state index contributed by atoms with van der Waals surface area (Å²) in [6.45, 7) is 0. The minimum atomic E-state index is -0.339. The van der Waals surface area contributed by atoms with Gasteiger partial charge in [0, 0.05) is 7.05 Å². The second kappa shape index (κ2) is 5.90. The van der Waals surface area contributed by atoms with Crippen LogP contribution in [0.4, 0.5) is 17.5 Å². The predicted molar refractivity (Wildman–Crippen MR) is 99.5 cm³/mol. The molecule has 2 aromatic carbocycles. The van der Waals surface area contributed by atoms with Gasteiger partial charge in [-0.15, -0.1) is 0 Å². The van der Waals surface area contributed by atoms with Crippen molar-refractivity contribution < 1.29 is 0 Å². The lowest BCUT2D eigenvalue weighted by molar-refractivity contribution is 0.811. The summed E-state index contributed by atoms with van der Waals surface area (Å²) in [7, 11) is 1.90. The van der Waals surface area contributed by atoms with Crippen molar-refractivity contribution in [3.05, 3.63) is 82.1 Å². The van der Waals surface area contributed by atoms with Crippen LogP contribution in [-0.2, 0) is 0 Å². The van der Waals surface area contributed by atoms with Gasteiger partial charge in [0.2, 0.25) is 5.95 Å². The molecule has 0 spiro atoms. The molecule has 1 aliphatic heterocycles. The zero-order valence-corrected chi connectivity index (χ0v) is 13.7. The van der Waals surface area contributed by atoms with E-state index in [9.17, 15) is 4.79 Å². The maximum absolute atomic E-state index is 12.3. The van der Waals surface area contributed by atoms with Crippen LogP contribution in [0.1, 0.15) is 17.2 Å². The number of nitrogen functional groups attached to an aromatic ring is 1. The molecule has 0 fully saturated rings. The van der Waals surface area contributed by atoms with E-state index < -0.39 is 0 Å². The van der Waals surface area contributed by atoms with Crippen LogP contribution in [-0.4, -0.2) is 22.7 Å².